The number of hydrogen-bond donors (Lipinski definition) is 2. The van der Waals surface area contributed by atoms with Crippen LogP contribution in [0, 0.1) is 39.9 Å². The van der Waals surface area contributed by atoms with Crippen LogP contribution in [0.4, 0.5) is 0 Å². The van der Waals surface area contributed by atoms with Crippen molar-refractivity contribution in [1.82, 2.24) is 0 Å². The van der Waals surface area contributed by atoms with E-state index in [1.54, 1.807) is 6.21 Å². The van der Waals surface area contributed by atoms with Crippen molar-refractivity contribution in [1.29, 1.82) is 5.41 Å². The maximum atomic E-state index is 12.5. The van der Waals surface area contributed by atoms with Crippen LogP contribution in [0.2, 0.25) is 0 Å². The second kappa shape index (κ2) is 6.53. The minimum atomic E-state index is -0.421. The number of methoxy groups -OCH3 is 1. The quantitative estimate of drug-likeness (QED) is 0.461. The van der Waals surface area contributed by atoms with Gasteiger partial charge < -0.3 is 15.3 Å². The van der Waals surface area contributed by atoms with Gasteiger partial charge in [0.05, 0.1) is 19.1 Å². The van der Waals surface area contributed by atoms with Crippen molar-refractivity contribution in [2.24, 2.45) is 34.5 Å². The highest BCUT2D eigenvalue weighted by molar-refractivity contribution is 5.74. The van der Waals surface area contributed by atoms with Gasteiger partial charge in [-0.15, -0.1) is 0 Å². The molecule has 0 aromatic heterocycles. The lowest BCUT2D eigenvalue weighted by molar-refractivity contribution is -0.160. The maximum Gasteiger partial charge on any atom is 0.309 e. The van der Waals surface area contributed by atoms with Crippen LogP contribution in [0.1, 0.15) is 58.8 Å². The molecule has 0 amide bonds. The summed E-state index contributed by atoms with van der Waals surface area (Å²) >= 11 is 0. The molecule has 0 spiro atoms. The van der Waals surface area contributed by atoms with E-state index in [1.807, 2.05) is 0 Å². The van der Waals surface area contributed by atoms with Gasteiger partial charge in [0.2, 0.25) is 0 Å². The summed E-state index contributed by atoms with van der Waals surface area (Å²) in [5, 5.41) is 18.3. The third-order valence-corrected chi connectivity index (χ3v) is 8.13. The van der Waals surface area contributed by atoms with Crippen LogP contribution in [0.15, 0.2) is 12.2 Å². The molecule has 0 bridgehead atoms. The fourth-order valence-electron chi connectivity index (χ4n) is 6.37. The lowest BCUT2D eigenvalue weighted by Crippen LogP contribution is -2.52. The van der Waals surface area contributed by atoms with Crippen molar-refractivity contribution in [2.75, 3.05) is 7.11 Å². The average Bonchev–Trinajstić information content (AvgIpc) is 2.90. The molecular weight excluding hydrogens is 314 g/mol. The fraction of sp³-hybridized carbons (Fsp3) is 0.810. The van der Waals surface area contributed by atoms with Gasteiger partial charge in [-0.1, -0.05) is 26.0 Å². The number of carbonyl (C=O) groups is 1. The number of carbonyl (C=O) groups excluding carboxylic acids is 1. The number of aliphatic hydroxyl groups excluding tert-OH is 1. The molecule has 0 saturated heterocycles. The van der Waals surface area contributed by atoms with E-state index in [0.717, 1.165) is 38.5 Å². The lowest BCUT2D eigenvalue weighted by atomic mass is 9.49. The predicted molar refractivity (Wildman–Crippen MR) is 98.4 cm³/mol. The standard InChI is InChI=1S/C21H33NO3/c1-13-5-6-16-15(12-22)17(8-10-20(13,16)2)21(3)9-7-14(23)11-18(21)19(24)25-4/h12,14-18,22-23H,1,5-11H2,2-4H3/t14-,15-,16-,17-,18+,20+,21+/m0/s1. The number of ether oxygens (including phenoxy) is 1. The number of hydrogen-bond acceptors (Lipinski definition) is 4. The van der Waals surface area contributed by atoms with Gasteiger partial charge in [0.1, 0.15) is 0 Å². The van der Waals surface area contributed by atoms with Gasteiger partial charge in [-0.05, 0) is 73.8 Å². The molecule has 3 rings (SSSR count). The Bertz CT molecular complexity index is 573. The Kier molecular flexibility index (Phi) is 4.87. The van der Waals surface area contributed by atoms with Crippen LogP contribution in [0.3, 0.4) is 0 Å². The number of nitrogens with one attached hydrogen (secondary N) is 1. The average molecular weight is 347 g/mol. The van der Waals surface area contributed by atoms with Crippen molar-refractivity contribution in [3.63, 3.8) is 0 Å². The molecule has 0 unspecified atom stereocenters. The van der Waals surface area contributed by atoms with Crippen molar-refractivity contribution < 1.29 is 14.6 Å². The van der Waals surface area contributed by atoms with Gasteiger partial charge in [0.25, 0.3) is 0 Å². The number of rotatable bonds is 3. The minimum absolute atomic E-state index is 0.143. The number of allylic oxidation sites excluding steroid dienone is 1. The molecule has 3 fully saturated rings. The molecule has 0 aromatic rings. The monoisotopic (exact) mass is 347 g/mol. The lowest BCUT2D eigenvalue weighted by Gasteiger charge is -2.55. The first kappa shape index (κ1) is 18.6. The molecule has 3 aliphatic carbocycles. The Labute approximate surface area is 151 Å². The van der Waals surface area contributed by atoms with E-state index in [-0.39, 0.29) is 28.6 Å². The first-order valence-electron chi connectivity index (χ1n) is 9.72. The van der Waals surface area contributed by atoms with Gasteiger partial charge in [0, 0.05) is 5.92 Å². The number of esters is 1. The second-order valence-electron chi connectivity index (χ2n) is 9.07. The van der Waals surface area contributed by atoms with E-state index in [4.69, 9.17) is 10.1 Å². The molecule has 0 aromatic carbocycles. The largest absolute Gasteiger partial charge is 0.469 e. The minimum Gasteiger partial charge on any atom is -0.469 e. The van der Waals surface area contributed by atoms with E-state index in [2.05, 4.69) is 20.4 Å². The molecule has 140 valence electrons. The Morgan fingerprint density at radius 3 is 2.64 bits per heavy atom. The second-order valence-corrected chi connectivity index (χ2v) is 9.07. The van der Waals surface area contributed by atoms with Crippen LogP contribution in [-0.2, 0) is 9.53 Å². The first-order chi connectivity index (χ1) is 11.8. The Morgan fingerprint density at radius 1 is 1.28 bits per heavy atom. The van der Waals surface area contributed by atoms with E-state index < -0.39 is 6.10 Å². The smallest absolute Gasteiger partial charge is 0.309 e. The highest BCUT2D eigenvalue weighted by Crippen LogP contribution is 2.63. The summed E-state index contributed by atoms with van der Waals surface area (Å²) in [5.41, 5.74) is 1.28. The van der Waals surface area contributed by atoms with Crippen molar-refractivity contribution in [3.05, 3.63) is 12.2 Å². The van der Waals surface area contributed by atoms with Gasteiger partial charge in [-0.3, -0.25) is 4.79 Å². The molecule has 4 heteroatoms. The SMILES string of the molecule is C=C1CC[C@H]2[C@H](C=N)[C@@H]([C@@]3(C)CC[C@H](O)C[C@@H]3C(=O)OC)CC[C@]12C. The van der Waals surface area contributed by atoms with Crippen LogP contribution in [-0.4, -0.2) is 30.5 Å². The molecule has 7 atom stereocenters. The predicted octanol–water partition coefficient (Wildman–Crippen LogP) is 3.97. The zero-order valence-electron chi connectivity index (χ0n) is 15.9. The van der Waals surface area contributed by atoms with Crippen LogP contribution < -0.4 is 0 Å². The molecule has 3 saturated carbocycles. The molecule has 2 N–H and O–H groups in total. The third kappa shape index (κ3) is 2.77. The molecule has 0 aliphatic heterocycles. The Balaban J connectivity index is 1.94. The van der Waals surface area contributed by atoms with E-state index in [9.17, 15) is 9.90 Å². The summed E-state index contributed by atoms with van der Waals surface area (Å²) in [5.74, 6) is 0.464. The molecule has 25 heavy (non-hydrogen) atoms. The summed E-state index contributed by atoms with van der Waals surface area (Å²) in [7, 11) is 1.44. The van der Waals surface area contributed by atoms with E-state index in [0.29, 0.717) is 18.3 Å². The van der Waals surface area contributed by atoms with Crippen LogP contribution >= 0.6 is 0 Å². The normalized spacial score (nSPS) is 47.2. The number of fused-ring (bicyclic) bond motifs is 1. The van der Waals surface area contributed by atoms with Crippen molar-refractivity contribution in [2.45, 2.75) is 64.9 Å². The number of aliphatic hydroxyl groups is 1. The van der Waals surface area contributed by atoms with Crippen molar-refractivity contribution in [3.8, 4) is 0 Å². The zero-order valence-corrected chi connectivity index (χ0v) is 15.9. The van der Waals surface area contributed by atoms with E-state index in [1.165, 1.54) is 12.7 Å². The summed E-state index contributed by atoms with van der Waals surface area (Å²) in [6, 6.07) is 0. The Morgan fingerprint density at radius 2 is 2.00 bits per heavy atom. The van der Waals surface area contributed by atoms with Crippen LogP contribution in [0.5, 0.6) is 0 Å². The highest BCUT2D eigenvalue weighted by atomic mass is 16.5. The van der Waals surface area contributed by atoms with E-state index >= 15 is 0 Å². The summed E-state index contributed by atoms with van der Waals surface area (Å²) in [6.07, 6.45) is 7.56. The molecular formula is C21H33NO3. The highest BCUT2D eigenvalue weighted by Gasteiger charge is 2.57. The van der Waals surface area contributed by atoms with Crippen molar-refractivity contribution >= 4 is 12.2 Å². The van der Waals surface area contributed by atoms with Gasteiger partial charge in [-0.2, -0.15) is 0 Å². The molecule has 3 aliphatic rings. The topological polar surface area (TPSA) is 70.4 Å². The Hall–Kier alpha value is -1.16. The summed E-state index contributed by atoms with van der Waals surface area (Å²) < 4.78 is 5.10. The molecule has 0 radical (unpaired) electrons. The summed E-state index contributed by atoms with van der Waals surface area (Å²) in [4.78, 5) is 12.5. The van der Waals surface area contributed by atoms with Gasteiger partial charge in [0.15, 0.2) is 0 Å². The molecule has 4 nitrogen and oxygen atoms in total. The fourth-order valence-corrected chi connectivity index (χ4v) is 6.37. The third-order valence-electron chi connectivity index (χ3n) is 8.13. The zero-order chi connectivity index (χ0) is 18.4. The maximum absolute atomic E-state index is 12.5. The summed E-state index contributed by atoms with van der Waals surface area (Å²) in [6.45, 7) is 8.84. The van der Waals surface area contributed by atoms with Gasteiger partial charge >= 0.3 is 5.97 Å². The molecule has 0 heterocycles. The first-order valence-corrected chi connectivity index (χ1v) is 9.72. The van der Waals surface area contributed by atoms with Gasteiger partial charge in [-0.25, -0.2) is 0 Å². The van der Waals surface area contributed by atoms with Crippen LogP contribution in [0.25, 0.3) is 0 Å².